The van der Waals surface area contributed by atoms with Crippen molar-refractivity contribution in [2.24, 2.45) is 0 Å². The first-order valence-corrected chi connectivity index (χ1v) is 11.9. The lowest BCUT2D eigenvalue weighted by molar-refractivity contribution is 0.0936. The van der Waals surface area contributed by atoms with Gasteiger partial charge in [0.15, 0.2) is 0 Å². The van der Waals surface area contributed by atoms with Crippen molar-refractivity contribution in [3.8, 4) is 0 Å². The highest BCUT2D eigenvalue weighted by atomic mass is 32.2. The Hall–Kier alpha value is -2.81. The molecule has 0 aliphatic carbocycles. The number of aryl methyl sites for hydroxylation is 1. The molecule has 0 saturated carbocycles. The van der Waals surface area contributed by atoms with E-state index in [0.29, 0.717) is 30.0 Å². The summed E-state index contributed by atoms with van der Waals surface area (Å²) in [5.41, 5.74) is 1.47. The van der Waals surface area contributed by atoms with E-state index in [-0.39, 0.29) is 10.8 Å². The van der Waals surface area contributed by atoms with E-state index < -0.39 is 10.0 Å². The zero-order chi connectivity index (χ0) is 22.3. The molecule has 1 amide bonds. The van der Waals surface area contributed by atoms with Crippen LogP contribution in [0.4, 0.5) is 5.69 Å². The Balaban J connectivity index is 1.85. The average Bonchev–Trinajstić information content (AvgIpc) is 2.76. The fourth-order valence-corrected chi connectivity index (χ4v) is 4.93. The summed E-state index contributed by atoms with van der Waals surface area (Å²) in [5.74, 6) is -0.341. The molecule has 3 aromatic carbocycles. The van der Waals surface area contributed by atoms with Crippen molar-refractivity contribution in [3.05, 3.63) is 83.9 Å². The lowest BCUT2D eigenvalue weighted by Crippen LogP contribution is -2.28. The van der Waals surface area contributed by atoms with E-state index in [1.165, 1.54) is 23.9 Å². The normalized spacial score (nSPS) is 11.2. The van der Waals surface area contributed by atoms with Crippen LogP contribution in [0, 0.1) is 6.92 Å². The van der Waals surface area contributed by atoms with E-state index in [0.717, 1.165) is 9.79 Å². The molecule has 0 fully saturated rings. The van der Waals surface area contributed by atoms with Gasteiger partial charge in [-0.1, -0.05) is 48.2 Å². The number of carbonyl (C=O) groups excluding carboxylic acids is 1. The van der Waals surface area contributed by atoms with Crippen molar-refractivity contribution in [2.75, 3.05) is 25.0 Å². The Bertz CT molecular complexity index is 1150. The fraction of sp³-hybridized carbons (Fsp3) is 0.174. The number of benzene rings is 3. The molecule has 0 bridgehead atoms. The van der Waals surface area contributed by atoms with Gasteiger partial charge in [-0.15, -0.1) is 0 Å². The first kappa shape index (κ1) is 22.9. The number of hydrogen-bond acceptors (Lipinski definition) is 5. The molecular formula is C23H24N2O4S2. The number of rotatable bonds is 9. The van der Waals surface area contributed by atoms with E-state index in [9.17, 15) is 13.2 Å². The number of carbonyl (C=O) groups is 1. The lowest BCUT2D eigenvalue weighted by atomic mass is 10.1. The van der Waals surface area contributed by atoms with E-state index >= 15 is 0 Å². The van der Waals surface area contributed by atoms with Crippen LogP contribution in [0.3, 0.4) is 0 Å². The summed E-state index contributed by atoms with van der Waals surface area (Å²) in [6.07, 6.45) is 0. The standard InChI is InChI=1S/C23H24N2O4S2/c1-17-12-13-19(16-20(17)23(26)24-14-15-29-2)31(27,28)25-21-10-6-7-11-22(21)30-18-8-4-3-5-9-18/h3-13,16,25H,14-15H2,1-2H3,(H,24,26). The Morgan fingerprint density at radius 2 is 1.71 bits per heavy atom. The van der Waals surface area contributed by atoms with Crippen LogP contribution in [0.5, 0.6) is 0 Å². The molecular weight excluding hydrogens is 432 g/mol. The Kier molecular flexibility index (Phi) is 7.73. The third-order valence-electron chi connectivity index (χ3n) is 4.46. The third-order valence-corrected chi connectivity index (χ3v) is 6.91. The van der Waals surface area contributed by atoms with Crippen molar-refractivity contribution >= 4 is 33.4 Å². The number of hydrogen-bond donors (Lipinski definition) is 2. The van der Waals surface area contributed by atoms with Gasteiger partial charge in [-0.25, -0.2) is 8.42 Å². The summed E-state index contributed by atoms with van der Waals surface area (Å²) >= 11 is 1.47. The quantitative estimate of drug-likeness (QED) is 0.469. The predicted octanol–water partition coefficient (Wildman–Crippen LogP) is 4.32. The molecule has 0 aromatic heterocycles. The molecule has 162 valence electrons. The maximum absolute atomic E-state index is 13.1. The molecule has 3 rings (SSSR count). The first-order chi connectivity index (χ1) is 14.9. The zero-order valence-corrected chi connectivity index (χ0v) is 18.9. The molecule has 2 N–H and O–H groups in total. The Morgan fingerprint density at radius 3 is 2.45 bits per heavy atom. The van der Waals surface area contributed by atoms with Gasteiger partial charge in [0.2, 0.25) is 0 Å². The molecule has 8 heteroatoms. The number of sulfonamides is 1. The Labute approximate surface area is 187 Å². The van der Waals surface area contributed by atoms with Crippen LogP contribution in [0.15, 0.2) is 87.5 Å². The van der Waals surface area contributed by atoms with Crippen molar-refractivity contribution in [2.45, 2.75) is 21.6 Å². The summed E-state index contributed by atoms with van der Waals surface area (Å²) in [4.78, 5) is 14.3. The van der Waals surface area contributed by atoms with Crippen molar-refractivity contribution in [3.63, 3.8) is 0 Å². The number of nitrogens with one attached hydrogen (secondary N) is 2. The average molecular weight is 457 g/mol. The van der Waals surface area contributed by atoms with Crippen molar-refractivity contribution < 1.29 is 17.9 Å². The molecule has 0 aliphatic heterocycles. The van der Waals surface area contributed by atoms with Gasteiger partial charge in [-0.05, 0) is 48.9 Å². The van der Waals surface area contributed by atoms with Gasteiger partial charge in [0.25, 0.3) is 15.9 Å². The van der Waals surface area contributed by atoms with E-state index in [1.54, 1.807) is 32.2 Å². The molecule has 0 unspecified atom stereocenters. The SMILES string of the molecule is COCCNC(=O)c1cc(S(=O)(=O)Nc2ccccc2Sc2ccccc2)ccc1C. The number of para-hydroxylation sites is 1. The van der Waals surface area contributed by atoms with Gasteiger partial charge >= 0.3 is 0 Å². The van der Waals surface area contributed by atoms with Crippen LogP contribution in [0.1, 0.15) is 15.9 Å². The lowest BCUT2D eigenvalue weighted by Gasteiger charge is -2.14. The van der Waals surface area contributed by atoms with Gasteiger partial charge in [-0.2, -0.15) is 0 Å². The maximum atomic E-state index is 13.1. The van der Waals surface area contributed by atoms with E-state index in [2.05, 4.69) is 10.0 Å². The van der Waals surface area contributed by atoms with E-state index in [4.69, 9.17) is 4.74 Å². The second-order valence-electron chi connectivity index (χ2n) is 6.74. The highest BCUT2D eigenvalue weighted by Crippen LogP contribution is 2.34. The summed E-state index contributed by atoms with van der Waals surface area (Å²) in [7, 11) is -2.35. The van der Waals surface area contributed by atoms with Crippen molar-refractivity contribution in [1.29, 1.82) is 0 Å². The minimum atomic E-state index is -3.89. The van der Waals surface area contributed by atoms with Gasteiger partial charge in [0, 0.05) is 29.0 Å². The van der Waals surface area contributed by atoms with Crippen LogP contribution >= 0.6 is 11.8 Å². The summed E-state index contributed by atoms with van der Waals surface area (Å²) in [5, 5.41) is 2.72. The molecule has 0 aliphatic rings. The first-order valence-electron chi connectivity index (χ1n) is 9.63. The minimum absolute atomic E-state index is 0.0227. The molecule has 0 atom stereocenters. The van der Waals surface area contributed by atoms with Gasteiger partial charge in [0.05, 0.1) is 17.2 Å². The zero-order valence-electron chi connectivity index (χ0n) is 17.3. The predicted molar refractivity (Wildman–Crippen MR) is 123 cm³/mol. The number of anilines is 1. The largest absolute Gasteiger partial charge is 0.383 e. The van der Waals surface area contributed by atoms with Gasteiger partial charge in [-0.3, -0.25) is 9.52 Å². The van der Waals surface area contributed by atoms with Crippen LogP contribution in [-0.2, 0) is 14.8 Å². The van der Waals surface area contributed by atoms with Crippen molar-refractivity contribution in [1.82, 2.24) is 5.32 Å². The maximum Gasteiger partial charge on any atom is 0.261 e. The van der Waals surface area contributed by atoms with Gasteiger partial charge in [0.1, 0.15) is 0 Å². The van der Waals surface area contributed by atoms with Crippen LogP contribution in [0.2, 0.25) is 0 Å². The molecule has 0 heterocycles. The summed E-state index contributed by atoms with van der Waals surface area (Å²) in [6.45, 7) is 2.48. The second-order valence-corrected chi connectivity index (χ2v) is 9.54. The van der Waals surface area contributed by atoms with Gasteiger partial charge < -0.3 is 10.1 Å². The smallest absolute Gasteiger partial charge is 0.261 e. The number of methoxy groups -OCH3 is 1. The molecule has 31 heavy (non-hydrogen) atoms. The number of amides is 1. The van der Waals surface area contributed by atoms with Crippen LogP contribution in [-0.4, -0.2) is 34.6 Å². The molecule has 3 aromatic rings. The molecule has 0 radical (unpaired) electrons. The monoisotopic (exact) mass is 456 g/mol. The number of ether oxygens (including phenoxy) is 1. The summed E-state index contributed by atoms with van der Waals surface area (Å²) < 4.78 is 33.8. The third kappa shape index (κ3) is 6.10. The molecule has 0 spiro atoms. The van der Waals surface area contributed by atoms with E-state index in [1.807, 2.05) is 42.5 Å². The van der Waals surface area contributed by atoms with Crippen LogP contribution in [0.25, 0.3) is 0 Å². The highest BCUT2D eigenvalue weighted by Gasteiger charge is 2.19. The highest BCUT2D eigenvalue weighted by molar-refractivity contribution is 7.99. The molecule has 6 nitrogen and oxygen atoms in total. The second kappa shape index (κ2) is 10.5. The fourth-order valence-electron chi connectivity index (χ4n) is 2.83. The minimum Gasteiger partial charge on any atom is -0.383 e. The summed E-state index contributed by atoms with van der Waals surface area (Å²) in [6, 6.07) is 21.5. The Morgan fingerprint density at radius 1 is 1.00 bits per heavy atom. The topological polar surface area (TPSA) is 84.5 Å². The molecule has 0 saturated heterocycles. The van der Waals surface area contributed by atoms with Crippen LogP contribution < -0.4 is 10.0 Å².